The molecule has 3 N–H and O–H groups in total. The zero-order valence-electron chi connectivity index (χ0n) is 9.18. The fourth-order valence-electron chi connectivity index (χ4n) is 1.51. The van der Waals surface area contributed by atoms with E-state index in [2.05, 4.69) is 5.32 Å². The van der Waals surface area contributed by atoms with Crippen molar-refractivity contribution in [2.75, 3.05) is 29.2 Å². The standard InChI is InChI=1S/C11H13N3O2S/c12-8-3-1-2-4-9(8)13-10(15)5-14-7-17-6-11(14)16/h1-4H,5-7,12H2,(H,13,15). The van der Waals surface area contributed by atoms with Gasteiger partial charge in [0.1, 0.15) is 6.54 Å². The van der Waals surface area contributed by atoms with E-state index in [1.165, 1.54) is 16.7 Å². The van der Waals surface area contributed by atoms with E-state index in [0.717, 1.165) is 0 Å². The van der Waals surface area contributed by atoms with Crippen LogP contribution in [0.4, 0.5) is 11.4 Å². The van der Waals surface area contributed by atoms with Gasteiger partial charge < -0.3 is 16.0 Å². The Kier molecular flexibility index (Phi) is 3.53. The number of nitrogens with zero attached hydrogens (tertiary/aromatic N) is 1. The monoisotopic (exact) mass is 251 g/mol. The van der Waals surface area contributed by atoms with Gasteiger partial charge in [0.15, 0.2) is 0 Å². The summed E-state index contributed by atoms with van der Waals surface area (Å²) in [6, 6.07) is 7.04. The number of anilines is 2. The van der Waals surface area contributed by atoms with Crippen molar-refractivity contribution in [3.8, 4) is 0 Å². The second-order valence-corrected chi connectivity index (χ2v) is 4.66. The van der Waals surface area contributed by atoms with Crippen molar-refractivity contribution in [3.63, 3.8) is 0 Å². The summed E-state index contributed by atoms with van der Waals surface area (Å²) >= 11 is 1.51. The van der Waals surface area contributed by atoms with Gasteiger partial charge in [-0.3, -0.25) is 9.59 Å². The zero-order chi connectivity index (χ0) is 12.3. The zero-order valence-corrected chi connectivity index (χ0v) is 10.00. The minimum Gasteiger partial charge on any atom is -0.397 e. The summed E-state index contributed by atoms with van der Waals surface area (Å²) in [5.41, 5.74) is 6.80. The van der Waals surface area contributed by atoms with Crippen LogP contribution < -0.4 is 11.1 Å². The summed E-state index contributed by atoms with van der Waals surface area (Å²) in [5, 5.41) is 2.69. The molecule has 0 aromatic heterocycles. The van der Waals surface area contributed by atoms with Gasteiger partial charge in [0, 0.05) is 0 Å². The molecule has 2 amide bonds. The summed E-state index contributed by atoms with van der Waals surface area (Å²) in [6.45, 7) is 0.0835. The molecule has 1 aromatic carbocycles. The molecule has 0 radical (unpaired) electrons. The van der Waals surface area contributed by atoms with Crippen LogP contribution in [0.1, 0.15) is 0 Å². The molecule has 0 atom stereocenters. The van der Waals surface area contributed by atoms with E-state index in [9.17, 15) is 9.59 Å². The number of carbonyl (C=O) groups excluding carboxylic acids is 2. The highest BCUT2D eigenvalue weighted by molar-refractivity contribution is 8.00. The molecule has 90 valence electrons. The minimum atomic E-state index is -0.223. The molecule has 17 heavy (non-hydrogen) atoms. The van der Waals surface area contributed by atoms with Crippen LogP contribution in [-0.4, -0.2) is 34.9 Å². The lowest BCUT2D eigenvalue weighted by atomic mass is 10.2. The number of nitrogens with one attached hydrogen (secondary N) is 1. The Morgan fingerprint density at radius 2 is 2.24 bits per heavy atom. The fraction of sp³-hybridized carbons (Fsp3) is 0.273. The van der Waals surface area contributed by atoms with Crippen molar-refractivity contribution in [2.24, 2.45) is 0 Å². The number of nitrogen functional groups attached to an aromatic ring is 1. The van der Waals surface area contributed by atoms with Crippen molar-refractivity contribution in [2.45, 2.75) is 0 Å². The second kappa shape index (κ2) is 5.09. The molecule has 0 saturated carbocycles. The number of rotatable bonds is 3. The van der Waals surface area contributed by atoms with Gasteiger partial charge in [-0.25, -0.2) is 0 Å². The predicted molar refractivity (Wildman–Crippen MR) is 68.5 cm³/mol. The maximum atomic E-state index is 11.7. The third kappa shape index (κ3) is 2.91. The molecular formula is C11H13N3O2S. The van der Waals surface area contributed by atoms with Crippen LogP contribution >= 0.6 is 11.8 Å². The molecule has 0 bridgehead atoms. The molecule has 1 aromatic rings. The van der Waals surface area contributed by atoms with E-state index in [1.54, 1.807) is 24.3 Å². The fourth-order valence-corrected chi connectivity index (χ4v) is 2.42. The van der Waals surface area contributed by atoms with Gasteiger partial charge in [0.05, 0.1) is 23.0 Å². The van der Waals surface area contributed by atoms with Crippen molar-refractivity contribution in [1.29, 1.82) is 0 Å². The number of nitrogens with two attached hydrogens (primary N) is 1. The summed E-state index contributed by atoms with van der Waals surface area (Å²) in [6.07, 6.45) is 0. The number of thioether (sulfide) groups is 1. The van der Waals surface area contributed by atoms with Crippen LogP contribution in [0.15, 0.2) is 24.3 Å². The van der Waals surface area contributed by atoms with Crippen molar-refractivity contribution in [1.82, 2.24) is 4.90 Å². The van der Waals surface area contributed by atoms with Crippen LogP contribution in [0.3, 0.4) is 0 Å². The molecule has 2 rings (SSSR count). The number of hydrogen-bond donors (Lipinski definition) is 2. The van der Waals surface area contributed by atoms with E-state index in [4.69, 9.17) is 5.73 Å². The minimum absolute atomic E-state index is 0.00573. The number of hydrogen-bond acceptors (Lipinski definition) is 4. The van der Waals surface area contributed by atoms with E-state index in [1.807, 2.05) is 0 Å². The number of amides is 2. The SMILES string of the molecule is Nc1ccccc1NC(=O)CN1CSCC1=O. The van der Waals surface area contributed by atoms with Gasteiger partial charge in [-0.05, 0) is 12.1 Å². The third-order valence-corrected chi connectivity index (χ3v) is 3.34. The average Bonchev–Trinajstić information content (AvgIpc) is 2.68. The Balaban J connectivity index is 1.93. The second-order valence-electron chi connectivity index (χ2n) is 3.70. The predicted octanol–water partition coefficient (Wildman–Crippen LogP) is 0.740. The van der Waals surface area contributed by atoms with Crippen molar-refractivity contribution < 1.29 is 9.59 Å². The molecule has 0 spiro atoms. The number of benzene rings is 1. The Morgan fingerprint density at radius 1 is 1.47 bits per heavy atom. The van der Waals surface area contributed by atoms with Gasteiger partial charge in [0.2, 0.25) is 11.8 Å². The van der Waals surface area contributed by atoms with Crippen molar-refractivity contribution in [3.05, 3.63) is 24.3 Å². The highest BCUT2D eigenvalue weighted by Crippen LogP contribution is 2.18. The van der Waals surface area contributed by atoms with E-state index in [-0.39, 0.29) is 18.4 Å². The smallest absolute Gasteiger partial charge is 0.244 e. The topological polar surface area (TPSA) is 75.4 Å². The first-order valence-corrected chi connectivity index (χ1v) is 6.32. The Labute approximate surface area is 103 Å². The molecule has 0 aliphatic carbocycles. The first-order valence-electron chi connectivity index (χ1n) is 5.16. The van der Waals surface area contributed by atoms with Gasteiger partial charge in [-0.15, -0.1) is 11.8 Å². The first-order chi connectivity index (χ1) is 8.16. The lowest BCUT2D eigenvalue weighted by Crippen LogP contribution is -2.34. The van der Waals surface area contributed by atoms with Crippen LogP contribution in [0.2, 0.25) is 0 Å². The molecule has 1 aliphatic rings. The molecular weight excluding hydrogens is 238 g/mol. The molecule has 6 heteroatoms. The van der Waals surface area contributed by atoms with Crippen LogP contribution in [0.5, 0.6) is 0 Å². The van der Waals surface area contributed by atoms with E-state index in [0.29, 0.717) is 23.0 Å². The van der Waals surface area contributed by atoms with Gasteiger partial charge >= 0.3 is 0 Å². The maximum absolute atomic E-state index is 11.7. The van der Waals surface area contributed by atoms with Crippen LogP contribution in [0, 0.1) is 0 Å². The van der Waals surface area contributed by atoms with Crippen LogP contribution in [-0.2, 0) is 9.59 Å². The summed E-state index contributed by atoms with van der Waals surface area (Å²) in [7, 11) is 0. The lowest BCUT2D eigenvalue weighted by Gasteiger charge is -2.14. The number of para-hydroxylation sites is 2. The van der Waals surface area contributed by atoms with Gasteiger partial charge in [-0.2, -0.15) is 0 Å². The van der Waals surface area contributed by atoms with E-state index < -0.39 is 0 Å². The number of carbonyl (C=O) groups is 2. The largest absolute Gasteiger partial charge is 0.397 e. The third-order valence-electron chi connectivity index (χ3n) is 2.39. The summed E-state index contributed by atoms with van der Waals surface area (Å²) in [4.78, 5) is 24.6. The molecule has 0 unspecified atom stereocenters. The van der Waals surface area contributed by atoms with Crippen molar-refractivity contribution >= 4 is 35.0 Å². The highest BCUT2D eigenvalue weighted by atomic mass is 32.2. The summed E-state index contributed by atoms with van der Waals surface area (Å²) in [5.74, 6) is 0.821. The van der Waals surface area contributed by atoms with Gasteiger partial charge in [0.25, 0.3) is 0 Å². The quantitative estimate of drug-likeness (QED) is 0.777. The first kappa shape index (κ1) is 11.8. The van der Waals surface area contributed by atoms with E-state index >= 15 is 0 Å². The average molecular weight is 251 g/mol. The Bertz CT molecular complexity index is 450. The molecule has 1 aliphatic heterocycles. The van der Waals surface area contributed by atoms with Crippen LogP contribution in [0.25, 0.3) is 0 Å². The molecule has 5 nitrogen and oxygen atoms in total. The van der Waals surface area contributed by atoms with Gasteiger partial charge in [-0.1, -0.05) is 12.1 Å². The summed E-state index contributed by atoms with van der Waals surface area (Å²) < 4.78 is 0. The highest BCUT2D eigenvalue weighted by Gasteiger charge is 2.22. The Morgan fingerprint density at radius 3 is 2.88 bits per heavy atom. The molecule has 1 saturated heterocycles. The Hall–Kier alpha value is -1.69. The lowest BCUT2D eigenvalue weighted by molar-refractivity contribution is -0.130. The maximum Gasteiger partial charge on any atom is 0.244 e. The molecule has 1 fully saturated rings. The normalized spacial score (nSPS) is 15.1. The molecule has 1 heterocycles.